The Bertz CT molecular complexity index is 490. The SMILES string of the molecule is CCC1COC(C)CN1c1c(N)cccc1C(=O)OC. The highest BCUT2D eigenvalue weighted by Crippen LogP contribution is 2.32. The van der Waals surface area contributed by atoms with Crippen molar-refractivity contribution >= 4 is 17.3 Å². The van der Waals surface area contributed by atoms with Crippen LogP contribution in [0.25, 0.3) is 0 Å². The molecule has 1 aromatic carbocycles. The number of morpholine rings is 1. The molecular formula is C15H22N2O3. The van der Waals surface area contributed by atoms with Crippen molar-refractivity contribution in [2.75, 3.05) is 30.9 Å². The Morgan fingerprint density at radius 1 is 1.55 bits per heavy atom. The van der Waals surface area contributed by atoms with Crippen molar-refractivity contribution in [2.24, 2.45) is 0 Å². The summed E-state index contributed by atoms with van der Waals surface area (Å²) in [4.78, 5) is 14.1. The van der Waals surface area contributed by atoms with E-state index in [0.717, 1.165) is 18.7 Å². The summed E-state index contributed by atoms with van der Waals surface area (Å²) in [5.41, 5.74) is 7.99. The van der Waals surface area contributed by atoms with Gasteiger partial charge in [0.25, 0.3) is 0 Å². The third-order valence-corrected chi connectivity index (χ3v) is 3.70. The van der Waals surface area contributed by atoms with E-state index in [2.05, 4.69) is 11.8 Å². The Labute approximate surface area is 119 Å². The number of hydrogen-bond donors (Lipinski definition) is 1. The summed E-state index contributed by atoms with van der Waals surface area (Å²) in [5, 5.41) is 0. The standard InChI is InChI=1S/C15H22N2O3/c1-4-11-9-20-10(2)8-17(11)14-12(15(18)19-3)6-5-7-13(14)16/h5-7,10-11H,4,8-9,16H2,1-3H3. The first-order valence-corrected chi connectivity index (χ1v) is 6.93. The molecule has 110 valence electrons. The third-order valence-electron chi connectivity index (χ3n) is 3.70. The van der Waals surface area contributed by atoms with Gasteiger partial charge in [-0.1, -0.05) is 13.0 Å². The molecular weight excluding hydrogens is 256 g/mol. The van der Waals surface area contributed by atoms with Crippen molar-refractivity contribution in [3.05, 3.63) is 23.8 Å². The fourth-order valence-corrected chi connectivity index (χ4v) is 2.61. The van der Waals surface area contributed by atoms with Crippen molar-refractivity contribution in [2.45, 2.75) is 32.4 Å². The highest BCUT2D eigenvalue weighted by atomic mass is 16.5. The lowest BCUT2D eigenvalue weighted by Gasteiger charge is -2.41. The summed E-state index contributed by atoms with van der Waals surface area (Å²) in [6.45, 7) is 5.49. The molecule has 0 bridgehead atoms. The number of rotatable bonds is 3. The van der Waals surface area contributed by atoms with Crippen LogP contribution in [-0.2, 0) is 9.47 Å². The van der Waals surface area contributed by atoms with Crippen LogP contribution in [-0.4, -0.2) is 38.4 Å². The number of nitrogens with zero attached hydrogens (tertiary/aromatic N) is 1. The number of esters is 1. The van der Waals surface area contributed by atoms with Gasteiger partial charge in [0, 0.05) is 6.54 Å². The van der Waals surface area contributed by atoms with Crippen LogP contribution in [0, 0.1) is 0 Å². The van der Waals surface area contributed by atoms with Crippen LogP contribution < -0.4 is 10.6 Å². The minimum Gasteiger partial charge on any atom is -0.465 e. The van der Waals surface area contributed by atoms with Crippen LogP contribution >= 0.6 is 0 Å². The van der Waals surface area contributed by atoms with Crippen LogP contribution in [0.3, 0.4) is 0 Å². The fourth-order valence-electron chi connectivity index (χ4n) is 2.61. The normalized spacial score (nSPS) is 22.6. The molecule has 5 heteroatoms. The minimum absolute atomic E-state index is 0.114. The minimum atomic E-state index is -0.360. The smallest absolute Gasteiger partial charge is 0.340 e. The number of ether oxygens (including phenoxy) is 2. The number of carbonyl (C=O) groups excluding carboxylic acids is 1. The van der Waals surface area contributed by atoms with Gasteiger partial charge in [0.15, 0.2) is 0 Å². The van der Waals surface area contributed by atoms with Crippen LogP contribution in [0.2, 0.25) is 0 Å². The van der Waals surface area contributed by atoms with Gasteiger partial charge in [-0.2, -0.15) is 0 Å². The molecule has 0 amide bonds. The molecule has 1 heterocycles. The van der Waals surface area contributed by atoms with E-state index in [0.29, 0.717) is 17.9 Å². The third kappa shape index (κ3) is 2.72. The van der Waals surface area contributed by atoms with Gasteiger partial charge >= 0.3 is 5.97 Å². The first kappa shape index (κ1) is 14.7. The van der Waals surface area contributed by atoms with Crippen LogP contribution in [0.4, 0.5) is 11.4 Å². The number of benzene rings is 1. The molecule has 2 N–H and O–H groups in total. The van der Waals surface area contributed by atoms with Gasteiger partial charge in [-0.05, 0) is 25.5 Å². The molecule has 1 saturated heterocycles. The molecule has 1 aliphatic rings. The molecule has 1 fully saturated rings. The fraction of sp³-hybridized carbons (Fsp3) is 0.533. The lowest BCUT2D eigenvalue weighted by atomic mass is 10.0. The largest absolute Gasteiger partial charge is 0.465 e. The number of para-hydroxylation sites is 1. The number of nitrogens with two attached hydrogens (primary N) is 1. The molecule has 20 heavy (non-hydrogen) atoms. The van der Waals surface area contributed by atoms with E-state index in [-0.39, 0.29) is 18.1 Å². The van der Waals surface area contributed by atoms with E-state index in [1.807, 2.05) is 13.0 Å². The molecule has 5 nitrogen and oxygen atoms in total. The van der Waals surface area contributed by atoms with Gasteiger partial charge in [-0.15, -0.1) is 0 Å². The summed E-state index contributed by atoms with van der Waals surface area (Å²) >= 11 is 0. The zero-order valence-corrected chi connectivity index (χ0v) is 12.3. The second kappa shape index (κ2) is 6.13. The molecule has 0 spiro atoms. The molecule has 1 aromatic rings. The van der Waals surface area contributed by atoms with Crippen molar-refractivity contribution in [3.8, 4) is 0 Å². The summed E-state index contributed by atoms with van der Waals surface area (Å²) in [6.07, 6.45) is 1.05. The molecule has 0 saturated carbocycles. The molecule has 2 atom stereocenters. The quantitative estimate of drug-likeness (QED) is 0.677. The monoisotopic (exact) mass is 278 g/mol. The number of carbonyl (C=O) groups is 1. The van der Waals surface area contributed by atoms with E-state index in [1.165, 1.54) is 7.11 Å². The highest BCUT2D eigenvalue weighted by molar-refractivity contribution is 5.99. The molecule has 0 aromatic heterocycles. The first-order valence-electron chi connectivity index (χ1n) is 6.93. The maximum Gasteiger partial charge on any atom is 0.340 e. The van der Waals surface area contributed by atoms with Crippen molar-refractivity contribution in [1.82, 2.24) is 0 Å². The van der Waals surface area contributed by atoms with Gasteiger partial charge < -0.3 is 20.1 Å². The van der Waals surface area contributed by atoms with Crippen LogP contribution in [0.5, 0.6) is 0 Å². The Hall–Kier alpha value is -1.75. The van der Waals surface area contributed by atoms with Crippen LogP contribution in [0.1, 0.15) is 30.6 Å². The molecule has 0 radical (unpaired) electrons. The maximum atomic E-state index is 12.0. The average molecular weight is 278 g/mol. The van der Waals surface area contributed by atoms with Gasteiger partial charge in [0.05, 0.1) is 42.8 Å². The van der Waals surface area contributed by atoms with Gasteiger partial charge in [0.1, 0.15) is 0 Å². The second-order valence-corrected chi connectivity index (χ2v) is 5.09. The van der Waals surface area contributed by atoms with E-state index >= 15 is 0 Å². The average Bonchev–Trinajstić information content (AvgIpc) is 2.46. The van der Waals surface area contributed by atoms with E-state index < -0.39 is 0 Å². The molecule has 1 aliphatic heterocycles. The van der Waals surface area contributed by atoms with E-state index in [9.17, 15) is 4.79 Å². The predicted octanol–water partition coefficient (Wildman–Crippen LogP) is 2.06. The van der Waals surface area contributed by atoms with Crippen LogP contribution in [0.15, 0.2) is 18.2 Å². The summed E-state index contributed by atoms with van der Waals surface area (Å²) in [6, 6.07) is 5.56. The van der Waals surface area contributed by atoms with Crippen molar-refractivity contribution in [1.29, 1.82) is 0 Å². The predicted molar refractivity (Wildman–Crippen MR) is 79.0 cm³/mol. The Kier molecular flexibility index (Phi) is 4.49. The lowest BCUT2D eigenvalue weighted by Crippen LogP contribution is -2.49. The highest BCUT2D eigenvalue weighted by Gasteiger charge is 2.30. The maximum absolute atomic E-state index is 12.0. The van der Waals surface area contributed by atoms with Crippen molar-refractivity contribution < 1.29 is 14.3 Å². The zero-order chi connectivity index (χ0) is 14.7. The Balaban J connectivity index is 2.46. The number of hydrogen-bond acceptors (Lipinski definition) is 5. The first-order chi connectivity index (χ1) is 9.58. The topological polar surface area (TPSA) is 64.8 Å². The number of anilines is 2. The zero-order valence-electron chi connectivity index (χ0n) is 12.3. The van der Waals surface area contributed by atoms with Crippen molar-refractivity contribution in [3.63, 3.8) is 0 Å². The summed E-state index contributed by atoms with van der Waals surface area (Å²) in [5.74, 6) is -0.360. The number of methoxy groups -OCH3 is 1. The van der Waals surface area contributed by atoms with E-state index in [1.54, 1.807) is 12.1 Å². The summed E-state index contributed by atoms with van der Waals surface area (Å²) in [7, 11) is 1.38. The number of nitrogen functional groups attached to an aromatic ring is 1. The molecule has 2 unspecified atom stereocenters. The van der Waals surface area contributed by atoms with Gasteiger partial charge in [-0.25, -0.2) is 4.79 Å². The van der Waals surface area contributed by atoms with Gasteiger partial charge in [0.2, 0.25) is 0 Å². The second-order valence-electron chi connectivity index (χ2n) is 5.09. The lowest BCUT2D eigenvalue weighted by molar-refractivity contribution is 0.0297. The Morgan fingerprint density at radius 2 is 2.30 bits per heavy atom. The molecule has 2 rings (SSSR count). The molecule has 0 aliphatic carbocycles. The summed E-state index contributed by atoms with van der Waals surface area (Å²) < 4.78 is 10.6. The van der Waals surface area contributed by atoms with Gasteiger partial charge in [-0.3, -0.25) is 0 Å². The van der Waals surface area contributed by atoms with E-state index in [4.69, 9.17) is 15.2 Å². The Morgan fingerprint density at radius 3 is 2.95 bits per heavy atom.